The van der Waals surface area contributed by atoms with Crippen LogP contribution in [-0.4, -0.2) is 28.0 Å². The van der Waals surface area contributed by atoms with E-state index in [-0.39, 0.29) is 5.56 Å². The Morgan fingerprint density at radius 2 is 1.88 bits per heavy atom. The number of H-pyrrole nitrogens is 1. The van der Waals surface area contributed by atoms with Gasteiger partial charge in [0, 0.05) is 16.9 Å². The second kappa shape index (κ2) is 7.10. The molecule has 3 aromatic rings. The van der Waals surface area contributed by atoms with E-state index in [4.69, 9.17) is 4.98 Å². The maximum absolute atomic E-state index is 12.4. The Hall–Kier alpha value is -1.98. The molecule has 1 N–H and O–H groups in total. The first-order valence-corrected chi connectivity index (χ1v) is 9.44. The molecule has 2 aromatic carbocycles. The molecular formula is C20H20BrN3O. The summed E-state index contributed by atoms with van der Waals surface area (Å²) in [6.45, 7) is 3.05. The van der Waals surface area contributed by atoms with E-state index < -0.39 is 0 Å². The SMILES string of the molecule is O=c1[nH]c(C2CCN(Cc3ccccc3)CC2)nc2ccc(Br)cc12. The van der Waals surface area contributed by atoms with Crippen LogP contribution in [0.15, 0.2) is 57.8 Å². The number of hydrogen-bond acceptors (Lipinski definition) is 3. The van der Waals surface area contributed by atoms with E-state index in [0.29, 0.717) is 11.3 Å². The Bertz CT molecular complexity index is 931. The molecule has 128 valence electrons. The molecule has 1 aliphatic rings. The summed E-state index contributed by atoms with van der Waals surface area (Å²) in [7, 11) is 0. The molecule has 5 heteroatoms. The maximum Gasteiger partial charge on any atom is 0.258 e. The highest BCUT2D eigenvalue weighted by Gasteiger charge is 2.23. The molecule has 0 amide bonds. The highest BCUT2D eigenvalue weighted by Crippen LogP contribution is 2.27. The van der Waals surface area contributed by atoms with Gasteiger partial charge in [0.25, 0.3) is 5.56 Å². The fourth-order valence-electron chi connectivity index (χ4n) is 3.53. The third-order valence-corrected chi connectivity index (χ3v) is 5.40. The monoisotopic (exact) mass is 397 g/mol. The summed E-state index contributed by atoms with van der Waals surface area (Å²) in [6, 6.07) is 16.2. The van der Waals surface area contributed by atoms with Crippen LogP contribution >= 0.6 is 15.9 Å². The summed E-state index contributed by atoms with van der Waals surface area (Å²) in [5, 5.41) is 0.639. The summed E-state index contributed by atoms with van der Waals surface area (Å²) >= 11 is 3.41. The van der Waals surface area contributed by atoms with Crippen LogP contribution in [0.4, 0.5) is 0 Å². The van der Waals surface area contributed by atoms with E-state index in [9.17, 15) is 4.79 Å². The summed E-state index contributed by atoms with van der Waals surface area (Å²) in [5.41, 5.74) is 2.07. The van der Waals surface area contributed by atoms with Gasteiger partial charge < -0.3 is 4.98 Å². The van der Waals surface area contributed by atoms with E-state index in [0.717, 1.165) is 48.3 Å². The van der Waals surface area contributed by atoms with Gasteiger partial charge in [-0.15, -0.1) is 0 Å². The van der Waals surface area contributed by atoms with Gasteiger partial charge in [-0.2, -0.15) is 0 Å². The normalized spacial score (nSPS) is 16.4. The summed E-state index contributed by atoms with van der Waals surface area (Å²) in [4.78, 5) is 22.6. The minimum atomic E-state index is -0.0481. The Kier molecular flexibility index (Phi) is 4.68. The molecule has 25 heavy (non-hydrogen) atoms. The van der Waals surface area contributed by atoms with Crippen molar-refractivity contribution >= 4 is 26.8 Å². The first kappa shape index (κ1) is 16.5. The molecule has 4 nitrogen and oxygen atoms in total. The quantitative estimate of drug-likeness (QED) is 0.724. The Morgan fingerprint density at radius 3 is 2.64 bits per heavy atom. The number of benzene rings is 2. The second-order valence-electron chi connectivity index (χ2n) is 6.65. The van der Waals surface area contributed by atoms with E-state index in [1.54, 1.807) is 0 Å². The van der Waals surface area contributed by atoms with Gasteiger partial charge in [0.05, 0.1) is 10.9 Å². The number of nitrogens with zero attached hydrogens (tertiary/aromatic N) is 2. The molecule has 1 aromatic heterocycles. The maximum atomic E-state index is 12.4. The third-order valence-electron chi connectivity index (χ3n) is 4.91. The van der Waals surface area contributed by atoms with Gasteiger partial charge in [-0.3, -0.25) is 9.69 Å². The van der Waals surface area contributed by atoms with Crippen molar-refractivity contribution in [2.24, 2.45) is 0 Å². The van der Waals surface area contributed by atoms with Crippen LogP contribution in [0, 0.1) is 0 Å². The van der Waals surface area contributed by atoms with Crippen LogP contribution < -0.4 is 5.56 Å². The number of aromatic nitrogens is 2. The zero-order valence-electron chi connectivity index (χ0n) is 13.9. The van der Waals surface area contributed by atoms with Crippen LogP contribution in [-0.2, 0) is 6.54 Å². The van der Waals surface area contributed by atoms with Gasteiger partial charge in [0.1, 0.15) is 5.82 Å². The van der Waals surface area contributed by atoms with Crippen LogP contribution in [0.3, 0.4) is 0 Å². The molecule has 2 heterocycles. The molecule has 0 atom stereocenters. The lowest BCUT2D eigenvalue weighted by atomic mass is 9.95. The zero-order chi connectivity index (χ0) is 17.2. The first-order chi connectivity index (χ1) is 12.2. The molecule has 0 unspecified atom stereocenters. The highest BCUT2D eigenvalue weighted by molar-refractivity contribution is 9.10. The Morgan fingerprint density at radius 1 is 1.12 bits per heavy atom. The Labute approximate surface area is 155 Å². The standard InChI is InChI=1S/C20H20BrN3O/c21-16-6-7-18-17(12-16)20(25)23-19(22-18)15-8-10-24(11-9-15)13-14-4-2-1-3-5-14/h1-7,12,15H,8-11,13H2,(H,22,23,25). The number of fused-ring (bicyclic) bond motifs is 1. The van der Waals surface area contributed by atoms with E-state index >= 15 is 0 Å². The number of likely N-dealkylation sites (tertiary alicyclic amines) is 1. The van der Waals surface area contributed by atoms with Crippen LogP contribution in [0.2, 0.25) is 0 Å². The van der Waals surface area contributed by atoms with Crippen molar-refractivity contribution in [2.45, 2.75) is 25.3 Å². The molecule has 1 aliphatic heterocycles. The zero-order valence-corrected chi connectivity index (χ0v) is 15.5. The lowest BCUT2D eigenvalue weighted by Crippen LogP contribution is -2.33. The van der Waals surface area contributed by atoms with Crippen molar-refractivity contribution < 1.29 is 0 Å². The summed E-state index contributed by atoms with van der Waals surface area (Å²) in [5.74, 6) is 1.16. The number of aromatic amines is 1. The molecule has 0 spiro atoms. The van der Waals surface area contributed by atoms with Crippen molar-refractivity contribution in [3.63, 3.8) is 0 Å². The van der Waals surface area contributed by atoms with Crippen LogP contribution in [0.5, 0.6) is 0 Å². The number of hydrogen-bond donors (Lipinski definition) is 1. The first-order valence-electron chi connectivity index (χ1n) is 8.65. The smallest absolute Gasteiger partial charge is 0.258 e. The van der Waals surface area contributed by atoms with Crippen molar-refractivity contribution in [3.05, 3.63) is 74.7 Å². The molecule has 0 aliphatic carbocycles. The third kappa shape index (κ3) is 3.67. The topological polar surface area (TPSA) is 49.0 Å². The van der Waals surface area contributed by atoms with Crippen LogP contribution in [0.1, 0.15) is 30.1 Å². The van der Waals surface area contributed by atoms with Gasteiger partial charge in [-0.1, -0.05) is 46.3 Å². The summed E-state index contributed by atoms with van der Waals surface area (Å²) < 4.78 is 0.897. The van der Waals surface area contributed by atoms with Gasteiger partial charge in [0.15, 0.2) is 0 Å². The molecule has 0 saturated carbocycles. The predicted molar refractivity (Wildman–Crippen MR) is 104 cm³/mol. The van der Waals surface area contributed by atoms with Crippen molar-refractivity contribution in [2.75, 3.05) is 13.1 Å². The van der Waals surface area contributed by atoms with Crippen LogP contribution in [0.25, 0.3) is 10.9 Å². The average molecular weight is 398 g/mol. The fourth-order valence-corrected chi connectivity index (χ4v) is 3.89. The minimum absolute atomic E-state index is 0.0481. The number of halogens is 1. The van der Waals surface area contributed by atoms with Gasteiger partial charge in [-0.25, -0.2) is 4.98 Å². The van der Waals surface area contributed by atoms with E-state index in [1.807, 2.05) is 18.2 Å². The second-order valence-corrected chi connectivity index (χ2v) is 7.56. The fraction of sp³-hybridized carbons (Fsp3) is 0.300. The molecule has 1 saturated heterocycles. The number of piperidine rings is 1. The predicted octanol–water partition coefficient (Wildman–Crippen LogP) is 4.07. The molecular weight excluding hydrogens is 378 g/mol. The van der Waals surface area contributed by atoms with Crippen molar-refractivity contribution in [3.8, 4) is 0 Å². The molecule has 0 radical (unpaired) electrons. The number of nitrogens with one attached hydrogen (secondary N) is 1. The van der Waals surface area contributed by atoms with Gasteiger partial charge >= 0.3 is 0 Å². The molecule has 1 fully saturated rings. The van der Waals surface area contributed by atoms with Crippen molar-refractivity contribution in [1.82, 2.24) is 14.9 Å². The highest BCUT2D eigenvalue weighted by atomic mass is 79.9. The lowest BCUT2D eigenvalue weighted by molar-refractivity contribution is 0.202. The van der Waals surface area contributed by atoms with Gasteiger partial charge in [0.2, 0.25) is 0 Å². The summed E-state index contributed by atoms with van der Waals surface area (Å²) in [6.07, 6.45) is 2.05. The van der Waals surface area contributed by atoms with E-state index in [2.05, 4.69) is 56.1 Å². The molecule has 4 rings (SSSR count). The van der Waals surface area contributed by atoms with Crippen molar-refractivity contribution in [1.29, 1.82) is 0 Å². The molecule has 0 bridgehead atoms. The minimum Gasteiger partial charge on any atom is -0.310 e. The average Bonchev–Trinajstić information content (AvgIpc) is 2.64. The largest absolute Gasteiger partial charge is 0.310 e. The van der Waals surface area contributed by atoms with Gasteiger partial charge in [-0.05, 0) is 49.7 Å². The van der Waals surface area contributed by atoms with E-state index in [1.165, 1.54) is 5.56 Å². The lowest BCUT2D eigenvalue weighted by Gasteiger charge is -2.31. The number of rotatable bonds is 3. The Balaban J connectivity index is 1.48.